The molecule has 2 aromatic rings. The third-order valence-corrected chi connectivity index (χ3v) is 6.54. The number of benzene rings is 2. The molecule has 0 bridgehead atoms. The topological polar surface area (TPSA) is 72.2 Å². The van der Waals surface area contributed by atoms with Crippen molar-refractivity contribution in [1.82, 2.24) is 14.7 Å². The molecule has 5 rings (SSSR count). The average Bonchev–Trinajstić information content (AvgIpc) is 3.19. The number of nitriles is 1. The number of carbonyl (C=O) groups is 1. The van der Waals surface area contributed by atoms with E-state index in [1.54, 1.807) is 11.0 Å². The Morgan fingerprint density at radius 2 is 1.82 bits per heavy atom. The summed E-state index contributed by atoms with van der Waals surface area (Å²) in [6.07, 6.45) is 1.43. The van der Waals surface area contributed by atoms with Gasteiger partial charge < -0.3 is 14.5 Å². The molecule has 0 unspecified atom stereocenters. The van der Waals surface area contributed by atoms with Gasteiger partial charge in [-0.3, -0.25) is 4.90 Å². The van der Waals surface area contributed by atoms with Crippen molar-refractivity contribution in [2.75, 3.05) is 52.4 Å². The smallest absolute Gasteiger partial charge is 0.409 e. The number of piperazine rings is 1. The summed E-state index contributed by atoms with van der Waals surface area (Å²) in [5.41, 5.74) is 6.04. The second-order valence-corrected chi connectivity index (χ2v) is 8.62. The predicted octanol–water partition coefficient (Wildman–Crippen LogP) is 3.41. The van der Waals surface area contributed by atoms with Crippen LogP contribution in [0.1, 0.15) is 22.3 Å². The standard InChI is InChI=1S/C26H27N5O2/c1-19-6-7-22-21(8-9-27)20-4-2-3-5-23(20)25(28-24(22)18-19)30-13-10-29(11-14-30)12-15-31-16-17-33-26(31)32/h2-8,18H,10-17H2,1H3/b21-8+. The van der Waals surface area contributed by atoms with Gasteiger partial charge in [0.25, 0.3) is 0 Å². The van der Waals surface area contributed by atoms with Crippen LogP contribution >= 0.6 is 0 Å². The van der Waals surface area contributed by atoms with Crippen LogP contribution in [0.4, 0.5) is 10.5 Å². The van der Waals surface area contributed by atoms with Gasteiger partial charge in [-0.1, -0.05) is 36.4 Å². The molecule has 0 saturated carbocycles. The number of hydrogen-bond donors (Lipinski definition) is 0. The highest BCUT2D eigenvalue weighted by Crippen LogP contribution is 2.38. The van der Waals surface area contributed by atoms with Gasteiger partial charge in [-0.2, -0.15) is 5.26 Å². The number of amidine groups is 1. The van der Waals surface area contributed by atoms with Crippen LogP contribution in [0.2, 0.25) is 0 Å². The number of amides is 1. The third kappa shape index (κ3) is 4.22. The summed E-state index contributed by atoms with van der Waals surface area (Å²) in [6, 6.07) is 16.7. The molecule has 7 nitrogen and oxygen atoms in total. The second kappa shape index (κ2) is 9.08. The first kappa shape index (κ1) is 21.2. The quantitative estimate of drug-likeness (QED) is 0.683. The van der Waals surface area contributed by atoms with Crippen LogP contribution in [0.15, 0.2) is 53.5 Å². The normalized spacial score (nSPS) is 19.5. The lowest BCUT2D eigenvalue weighted by atomic mass is 9.92. The molecule has 3 heterocycles. The van der Waals surface area contributed by atoms with Gasteiger partial charge in [0.1, 0.15) is 12.4 Å². The number of rotatable bonds is 3. The highest BCUT2D eigenvalue weighted by atomic mass is 16.6. The Labute approximate surface area is 194 Å². The van der Waals surface area contributed by atoms with Crippen LogP contribution < -0.4 is 0 Å². The Morgan fingerprint density at radius 1 is 1.03 bits per heavy atom. The van der Waals surface area contributed by atoms with Crippen LogP contribution in [-0.2, 0) is 4.74 Å². The molecule has 2 aromatic carbocycles. The van der Waals surface area contributed by atoms with Gasteiger partial charge in [-0.25, -0.2) is 9.79 Å². The zero-order chi connectivity index (χ0) is 22.8. The summed E-state index contributed by atoms with van der Waals surface area (Å²) < 4.78 is 5.03. The molecule has 3 aliphatic heterocycles. The minimum atomic E-state index is -0.201. The minimum absolute atomic E-state index is 0.201. The van der Waals surface area contributed by atoms with E-state index < -0.39 is 0 Å². The summed E-state index contributed by atoms with van der Waals surface area (Å²) in [5, 5.41) is 9.49. The number of ether oxygens (including phenoxy) is 1. The van der Waals surface area contributed by atoms with E-state index in [-0.39, 0.29) is 6.09 Å². The van der Waals surface area contributed by atoms with E-state index >= 15 is 0 Å². The van der Waals surface area contributed by atoms with Crippen LogP contribution in [-0.4, -0.2) is 79.0 Å². The first-order chi connectivity index (χ1) is 16.1. The lowest BCUT2D eigenvalue weighted by molar-refractivity contribution is 0.144. The van der Waals surface area contributed by atoms with Gasteiger partial charge in [-0.05, 0) is 24.1 Å². The van der Waals surface area contributed by atoms with E-state index in [0.29, 0.717) is 19.7 Å². The molecule has 0 N–H and O–H groups in total. The van der Waals surface area contributed by atoms with Gasteiger partial charge in [0.2, 0.25) is 0 Å². The number of hydrogen-bond acceptors (Lipinski definition) is 6. The fourth-order valence-corrected chi connectivity index (χ4v) is 4.73. The molecule has 0 aromatic heterocycles. The van der Waals surface area contributed by atoms with Crippen LogP contribution in [0.5, 0.6) is 0 Å². The van der Waals surface area contributed by atoms with E-state index in [0.717, 1.165) is 72.1 Å². The highest BCUT2D eigenvalue weighted by Gasteiger charge is 2.28. The maximum absolute atomic E-state index is 11.7. The van der Waals surface area contributed by atoms with Crippen molar-refractivity contribution < 1.29 is 9.53 Å². The Bertz CT molecular complexity index is 1170. The van der Waals surface area contributed by atoms with Gasteiger partial charge in [0.15, 0.2) is 0 Å². The SMILES string of the molecule is Cc1ccc2c(c1)N=C(N1CCN(CCN3CCOC3=O)CC1)c1ccccc1/C2=C\C#N. The van der Waals surface area contributed by atoms with Crippen molar-refractivity contribution in [2.45, 2.75) is 6.92 Å². The van der Waals surface area contributed by atoms with Gasteiger partial charge >= 0.3 is 6.09 Å². The zero-order valence-electron chi connectivity index (χ0n) is 18.8. The molecule has 2 saturated heterocycles. The van der Waals surface area contributed by atoms with Gasteiger partial charge in [-0.15, -0.1) is 0 Å². The van der Waals surface area contributed by atoms with Crippen LogP contribution in [0.25, 0.3) is 5.57 Å². The molecular formula is C26H27N5O2. The fourth-order valence-electron chi connectivity index (χ4n) is 4.73. The number of cyclic esters (lactones) is 1. The Morgan fingerprint density at radius 3 is 2.55 bits per heavy atom. The van der Waals surface area contributed by atoms with E-state index in [9.17, 15) is 10.1 Å². The van der Waals surface area contributed by atoms with Crippen molar-refractivity contribution in [3.05, 3.63) is 70.8 Å². The molecule has 7 heteroatoms. The Balaban J connectivity index is 1.41. The summed E-state index contributed by atoms with van der Waals surface area (Å²) in [7, 11) is 0. The van der Waals surface area contributed by atoms with Crippen LogP contribution in [0, 0.1) is 18.3 Å². The molecule has 33 heavy (non-hydrogen) atoms. The molecule has 0 radical (unpaired) electrons. The molecule has 0 aliphatic carbocycles. The Kier molecular flexibility index (Phi) is 5.84. The lowest BCUT2D eigenvalue weighted by Crippen LogP contribution is -2.50. The lowest BCUT2D eigenvalue weighted by Gasteiger charge is -2.37. The number of aliphatic imine (C=N–C) groups is 1. The average molecular weight is 442 g/mol. The second-order valence-electron chi connectivity index (χ2n) is 8.62. The van der Waals surface area contributed by atoms with Crippen molar-refractivity contribution in [3.63, 3.8) is 0 Å². The number of allylic oxidation sites excluding steroid dienone is 1. The van der Waals surface area contributed by atoms with E-state index in [2.05, 4.69) is 53.1 Å². The number of fused-ring (bicyclic) bond motifs is 2. The van der Waals surface area contributed by atoms with E-state index in [4.69, 9.17) is 9.73 Å². The minimum Gasteiger partial charge on any atom is -0.448 e. The van der Waals surface area contributed by atoms with Crippen molar-refractivity contribution in [3.8, 4) is 6.07 Å². The summed E-state index contributed by atoms with van der Waals surface area (Å²) >= 11 is 0. The first-order valence-corrected chi connectivity index (χ1v) is 11.4. The predicted molar refractivity (Wildman–Crippen MR) is 127 cm³/mol. The number of nitrogens with zero attached hydrogens (tertiary/aromatic N) is 5. The molecule has 1 amide bonds. The molecular weight excluding hydrogens is 414 g/mol. The van der Waals surface area contributed by atoms with Gasteiger partial charge in [0.05, 0.1) is 18.3 Å². The Hall–Kier alpha value is -3.63. The van der Waals surface area contributed by atoms with Crippen molar-refractivity contribution >= 4 is 23.2 Å². The highest BCUT2D eigenvalue weighted by molar-refractivity contribution is 6.08. The van der Waals surface area contributed by atoms with E-state index in [1.807, 2.05) is 12.1 Å². The maximum Gasteiger partial charge on any atom is 0.409 e. The molecule has 0 spiro atoms. The summed E-state index contributed by atoms with van der Waals surface area (Å²) in [4.78, 5) is 23.4. The molecule has 2 fully saturated rings. The fraction of sp³-hybridized carbons (Fsp3) is 0.346. The third-order valence-electron chi connectivity index (χ3n) is 6.54. The number of carbonyl (C=O) groups excluding carboxylic acids is 1. The molecule has 168 valence electrons. The molecule has 3 aliphatic rings. The largest absolute Gasteiger partial charge is 0.448 e. The summed E-state index contributed by atoms with van der Waals surface area (Å²) in [5.74, 6) is 0.960. The zero-order valence-corrected chi connectivity index (χ0v) is 18.8. The number of aryl methyl sites for hydroxylation is 1. The first-order valence-electron chi connectivity index (χ1n) is 11.4. The van der Waals surface area contributed by atoms with Crippen molar-refractivity contribution in [2.24, 2.45) is 4.99 Å². The van der Waals surface area contributed by atoms with Crippen LogP contribution in [0.3, 0.4) is 0 Å². The van der Waals surface area contributed by atoms with Crippen molar-refractivity contribution in [1.29, 1.82) is 5.26 Å². The van der Waals surface area contributed by atoms with E-state index in [1.165, 1.54) is 0 Å². The van der Waals surface area contributed by atoms with Gasteiger partial charge in [0, 0.05) is 62.0 Å². The monoisotopic (exact) mass is 441 g/mol. The molecule has 0 atom stereocenters. The summed E-state index contributed by atoms with van der Waals surface area (Å²) in [6.45, 7) is 8.33. The maximum atomic E-state index is 11.7.